The van der Waals surface area contributed by atoms with Crippen molar-refractivity contribution in [1.82, 2.24) is 4.98 Å². The molecule has 18 heavy (non-hydrogen) atoms. The number of nitrogens with two attached hydrogens (primary N) is 1. The predicted molar refractivity (Wildman–Crippen MR) is 76.5 cm³/mol. The summed E-state index contributed by atoms with van der Waals surface area (Å²) in [6.45, 7) is 4.37. The summed E-state index contributed by atoms with van der Waals surface area (Å²) in [4.78, 5) is 4.48. The van der Waals surface area contributed by atoms with Gasteiger partial charge in [-0.25, -0.2) is 13.4 Å². The topological polar surface area (TPSA) is 73.0 Å². The van der Waals surface area contributed by atoms with Crippen molar-refractivity contribution in [2.75, 3.05) is 12.0 Å². The Morgan fingerprint density at radius 3 is 2.61 bits per heavy atom. The third kappa shape index (κ3) is 5.93. The molecule has 0 saturated heterocycles. The van der Waals surface area contributed by atoms with Crippen molar-refractivity contribution in [3.63, 3.8) is 0 Å². The molecule has 0 aliphatic rings. The number of hydrogen-bond donors (Lipinski definition) is 1. The van der Waals surface area contributed by atoms with Crippen molar-refractivity contribution in [1.29, 1.82) is 0 Å². The van der Waals surface area contributed by atoms with Crippen LogP contribution in [-0.4, -0.2) is 25.4 Å². The Labute approximate surface area is 114 Å². The minimum Gasteiger partial charge on any atom is -0.323 e. The smallest absolute Gasteiger partial charge is 0.147 e. The highest BCUT2D eigenvalue weighted by Gasteiger charge is 2.13. The molecule has 1 aromatic heterocycles. The lowest BCUT2D eigenvalue weighted by atomic mass is 10.1. The monoisotopic (exact) mass is 290 g/mol. The van der Waals surface area contributed by atoms with Crippen LogP contribution in [-0.2, 0) is 16.3 Å². The summed E-state index contributed by atoms with van der Waals surface area (Å²) in [5.74, 6) is 0.781. The van der Waals surface area contributed by atoms with E-state index in [1.807, 2.05) is 5.38 Å². The van der Waals surface area contributed by atoms with Gasteiger partial charge in [0.1, 0.15) is 9.84 Å². The Kier molecular flexibility index (Phi) is 5.75. The summed E-state index contributed by atoms with van der Waals surface area (Å²) in [6, 6.07) is -0.274. The molecule has 0 bridgehead atoms. The number of aryl methyl sites for hydroxylation is 1. The van der Waals surface area contributed by atoms with Gasteiger partial charge in [-0.2, -0.15) is 0 Å². The summed E-state index contributed by atoms with van der Waals surface area (Å²) >= 11 is 1.61. The van der Waals surface area contributed by atoms with Gasteiger partial charge in [0.15, 0.2) is 0 Å². The van der Waals surface area contributed by atoms with Crippen molar-refractivity contribution in [2.24, 2.45) is 11.7 Å². The predicted octanol–water partition coefficient (Wildman–Crippen LogP) is 2.17. The van der Waals surface area contributed by atoms with E-state index in [1.165, 1.54) is 6.26 Å². The average Bonchev–Trinajstić information content (AvgIpc) is 2.70. The van der Waals surface area contributed by atoms with Gasteiger partial charge >= 0.3 is 0 Å². The van der Waals surface area contributed by atoms with Crippen molar-refractivity contribution < 1.29 is 8.42 Å². The van der Waals surface area contributed by atoms with Gasteiger partial charge in [0.25, 0.3) is 0 Å². The van der Waals surface area contributed by atoms with E-state index in [0.29, 0.717) is 12.3 Å². The van der Waals surface area contributed by atoms with Gasteiger partial charge in [0, 0.05) is 17.7 Å². The molecule has 6 heteroatoms. The molecule has 1 aromatic rings. The van der Waals surface area contributed by atoms with Crippen molar-refractivity contribution in [2.45, 2.75) is 39.2 Å². The number of aromatic nitrogens is 1. The molecule has 0 spiro atoms. The Balaban J connectivity index is 2.51. The number of hydrogen-bond acceptors (Lipinski definition) is 5. The Hall–Kier alpha value is -0.460. The molecule has 1 atom stereocenters. The quantitative estimate of drug-likeness (QED) is 0.835. The maximum Gasteiger partial charge on any atom is 0.147 e. The largest absolute Gasteiger partial charge is 0.323 e. The lowest BCUT2D eigenvalue weighted by Crippen LogP contribution is -2.16. The Bertz CT molecular complexity index is 466. The van der Waals surface area contributed by atoms with Gasteiger partial charge in [0.2, 0.25) is 0 Å². The van der Waals surface area contributed by atoms with Crippen LogP contribution in [0.2, 0.25) is 0 Å². The number of rotatable bonds is 7. The summed E-state index contributed by atoms with van der Waals surface area (Å²) in [5, 5.41) is 3.04. The standard InChI is InChI=1S/C12H22N2O2S2/c1-9(2)4-5-12-14-11(8-17-12)10(13)6-7-18(3,15)16/h8-10H,4-7,13H2,1-3H3. The second-order valence-electron chi connectivity index (χ2n) is 5.12. The van der Waals surface area contributed by atoms with Crippen LogP contribution in [0.15, 0.2) is 5.38 Å². The first-order valence-electron chi connectivity index (χ1n) is 6.15. The molecular weight excluding hydrogens is 268 g/mol. The van der Waals surface area contributed by atoms with E-state index in [0.717, 1.165) is 23.5 Å². The molecule has 0 aliphatic carbocycles. The fraction of sp³-hybridized carbons (Fsp3) is 0.750. The van der Waals surface area contributed by atoms with Crippen LogP contribution in [0, 0.1) is 5.92 Å². The molecule has 0 aromatic carbocycles. The fourth-order valence-corrected chi connectivity index (χ4v) is 3.07. The summed E-state index contributed by atoms with van der Waals surface area (Å²) in [6.07, 6.45) is 3.76. The van der Waals surface area contributed by atoms with E-state index < -0.39 is 9.84 Å². The zero-order chi connectivity index (χ0) is 13.8. The van der Waals surface area contributed by atoms with Gasteiger partial charge in [0.05, 0.1) is 16.5 Å². The van der Waals surface area contributed by atoms with Crippen LogP contribution < -0.4 is 5.73 Å². The maximum absolute atomic E-state index is 11.1. The molecule has 4 nitrogen and oxygen atoms in total. The Morgan fingerprint density at radius 1 is 1.39 bits per heavy atom. The average molecular weight is 290 g/mol. The van der Waals surface area contributed by atoms with Gasteiger partial charge in [-0.1, -0.05) is 13.8 Å². The lowest BCUT2D eigenvalue weighted by Gasteiger charge is -2.07. The molecule has 104 valence electrons. The molecule has 1 heterocycles. The van der Waals surface area contributed by atoms with E-state index in [9.17, 15) is 8.42 Å². The lowest BCUT2D eigenvalue weighted by molar-refractivity contribution is 0.580. The zero-order valence-electron chi connectivity index (χ0n) is 11.2. The van der Waals surface area contributed by atoms with Crippen LogP contribution in [0.25, 0.3) is 0 Å². The number of thiazole rings is 1. The highest BCUT2D eigenvalue weighted by atomic mass is 32.2. The van der Waals surface area contributed by atoms with Crippen LogP contribution in [0.3, 0.4) is 0 Å². The van der Waals surface area contributed by atoms with Crippen LogP contribution >= 0.6 is 11.3 Å². The third-order valence-electron chi connectivity index (χ3n) is 2.68. The molecular formula is C12H22N2O2S2. The second kappa shape index (κ2) is 6.63. The van der Waals surface area contributed by atoms with E-state index in [-0.39, 0.29) is 11.8 Å². The highest BCUT2D eigenvalue weighted by molar-refractivity contribution is 7.90. The normalized spacial score (nSPS) is 14.1. The van der Waals surface area contributed by atoms with Crippen LogP contribution in [0.5, 0.6) is 0 Å². The SMILES string of the molecule is CC(C)CCc1nc(C(N)CCS(C)(=O)=O)cs1. The first-order chi connectivity index (χ1) is 8.28. The van der Waals surface area contributed by atoms with Crippen molar-refractivity contribution in [3.8, 4) is 0 Å². The maximum atomic E-state index is 11.1. The first kappa shape index (κ1) is 15.6. The molecule has 0 amide bonds. The summed E-state index contributed by atoms with van der Waals surface area (Å²) < 4.78 is 22.2. The fourth-order valence-electron chi connectivity index (χ4n) is 1.51. The molecule has 0 fully saturated rings. The third-order valence-corrected chi connectivity index (χ3v) is 4.59. The van der Waals surface area contributed by atoms with Gasteiger partial charge in [-0.05, 0) is 25.2 Å². The van der Waals surface area contributed by atoms with Crippen molar-refractivity contribution >= 4 is 21.2 Å². The minimum atomic E-state index is -2.95. The van der Waals surface area contributed by atoms with Gasteiger partial charge < -0.3 is 5.73 Å². The molecule has 1 rings (SSSR count). The van der Waals surface area contributed by atoms with E-state index in [4.69, 9.17) is 5.73 Å². The molecule has 0 radical (unpaired) electrons. The van der Waals surface area contributed by atoms with E-state index >= 15 is 0 Å². The molecule has 0 saturated carbocycles. The van der Waals surface area contributed by atoms with Crippen LogP contribution in [0.4, 0.5) is 0 Å². The summed E-state index contributed by atoms with van der Waals surface area (Å²) in [5.41, 5.74) is 6.77. The second-order valence-corrected chi connectivity index (χ2v) is 8.33. The molecule has 0 aliphatic heterocycles. The zero-order valence-corrected chi connectivity index (χ0v) is 12.9. The molecule has 2 N–H and O–H groups in total. The van der Waals surface area contributed by atoms with E-state index in [1.54, 1.807) is 11.3 Å². The highest BCUT2D eigenvalue weighted by Crippen LogP contribution is 2.20. The molecule has 1 unspecified atom stereocenters. The van der Waals surface area contributed by atoms with Gasteiger partial charge in [-0.3, -0.25) is 0 Å². The Morgan fingerprint density at radius 2 is 2.06 bits per heavy atom. The van der Waals surface area contributed by atoms with Crippen LogP contribution in [0.1, 0.15) is 43.4 Å². The van der Waals surface area contributed by atoms with Gasteiger partial charge in [-0.15, -0.1) is 11.3 Å². The van der Waals surface area contributed by atoms with Crippen molar-refractivity contribution in [3.05, 3.63) is 16.1 Å². The minimum absolute atomic E-state index is 0.118. The van der Waals surface area contributed by atoms with E-state index in [2.05, 4.69) is 18.8 Å². The number of sulfone groups is 1. The first-order valence-corrected chi connectivity index (χ1v) is 9.09. The number of nitrogens with zero attached hydrogens (tertiary/aromatic N) is 1. The summed E-state index contributed by atoms with van der Waals surface area (Å²) in [7, 11) is -2.95.